The third-order valence-electron chi connectivity index (χ3n) is 4.89. The van der Waals surface area contributed by atoms with Gasteiger partial charge in [0.25, 0.3) is 0 Å². The number of ether oxygens (including phenoxy) is 1. The van der Waals surface area contributed by atoms with Crippen molar-refractivity contribution < 1.29 is 18.9 Å². The van der Waals surface area contributed by atoms with Crippen LogP contribution in [0, 0.1) is 16.0 Å². The molecule has 0 radical (unpaired) electrons. The molecule has 1 aromatic carbocycles. The summed E-state index contributed by atoms with van der Waals surface area (Å²) in [4.78, 5) is 16.8. The van der Waals surface area contributed by atoms with Gasteiger partial charge in [0, 0.05) is 30.4 Å². The van der Waals surface area contributed by atoms with Crippen LogP contribution in [0.15, 0.2) is 23.4 Å². The zero-order valence-corrected chi connectivity index (χ0v) is 16.8. The molecule has 0 spiro atoms. The largest absolute Gasteiger partial charge is 0.490 e. The van der Waals surface area contributed by atoms with Crippen LogP contribution in [0.5, 0.6) is 5.75 Å². The van der Waals surface area contributed by atoms with Gasteiger partial charge in [-0.05, 0) is 44.6 Å². The van der Waals surface area contributed by atoms with E-state index in [4.69, 9.17) is 14.0 Å². The summed E-state index contributed by atoms with van der Waals surface area (Å²) in [5, 5.41) is 15.6. The van der Waals surface area contributed by atoms with Crippen LogP contribution in [0.2, 0.25) is 19.6 Å². The number of hydrogen-bond acceptors (Lipinski definition) is 6. The van der Waals surface area contributed by atoms with Crippen LogP contribution >= 0.6 is 0 Å². The molecule has 0 saturated heterocycles. The summed E-state index contributed by atoms with van der Waals surface area (Å²) in [7, 11) is -0.376. The Morgan fingerprint density at radius 2 is 2.12 bits per heavy atom. The molecule has 2 atom stereocenters. The molecule has 1 saturated carbocycles. The minimum Gasteiger partial charge on any atom is -0.490 e. The molecule has 1 aliphatic heterocycles. The van der Waals surface area contributed by atoms with Crippen molar-refractivity contribution in [3.05, 3.63) is 33.9 Å². The highest BCUT2D eigenvalue weighted by Gasteiger charge is 2.49. The quantitative estimate of drug-likeness (QED) is 0.429. The molecule has 1 aliphatic carbocycles. The van der Waals surface area contributed by atoms with E-state index in [1.807, 2.05) is 0 Å². The van der Waals surface area contributed by atoms with Crippen molar-refractivity contribution in [2.75, 3.05) is 7.11 Å². The zero-order valence-electron chi connectivity index (χ0n) is 15.8. The summed E-state index contributed by atoms with van der Waals surface area (Å²) in [6.45, 7) is 6.47. The number of methoxy groups -OCH3 is 1. The third kappa shape index (κ3) is 3.76. The number of nitro benzene ring substituents is 1. The number of nitro groups is 1. The summed E-state index contributed by atoms with van der Waals surface area (Å²) in [6, 6.07) is 4.91. The van der Waals surface area contributed by atoms with Gasteiger partial charge in [-0.2, -0.15) is 0 Å². The number of benzene rings is 1. The van der Waals surface area contributed by atoms with E-state index in [9.17, 15) is 10.1 Å². The molecule has 26 heavy (non-hydrogen) atoms. The van der Waals surface area contributed by atoms with Crippen molar-refractivity contribution in [3.8, 4) is 5.75 Å². The fourth-order valence-corrected chi connectivity index (χ4v) is 5.16. The molecule has 2 aliphatic rings. The molecule has 8 heteroatoms. The number of oxime groups is 1. The lowest BCUT2D eigenvalue weighted by Gasteiger charge is -2.47. The average molecular weight is 379 g/mol. The van der Waals surface area contributed by atoms with Crippen LogP contribution < -0.4 is 4.74 Å². The Bertz CT molecular complexity index is 731. The van der Waals surface area contributed by atoms with Gasteiger partial charge in [-0.3, -0.25) is 10.1 Å². The molecule has 1 fully saturated rings. The number of nitrogens with zero attached hydrogens (tertiary/aromatic N) is 2. The van der Waals surface area contributed by atoms with Crippen LogP contribution in [0.1, 0.15) is 37.7 Å². The molecule has 1 heterocycles. The highest BCUT2D eigenvalue weighted by Crippen LogP contribution is 2.45. The van der Waals surface area contributed by atoms with Crippen molar-refractivity contribution in [2.24, 2.45) is 11.1 Å². The Balaban J connectivity index is 1.92. The number of hydrogen-bond donors (Lipinski definition) is 0. The van der Waals surface area contributed by atoms with E-state index >= 15 is 0 Å². The van der Waals surface area contributed by atoms with Crippen LogP contribution in [-0.4, -0.2) is 31.8 Å². The monoisotopic (exact) mass is 378 g/mol. The Morgan fingerprint density at radius 1 is 1.35 bits per heavy atom. The highest BCUT2D eigenvalue weighted by molar-refractivity contribution is 6.69. The van der Waals surface area contributed by atoms with E-state index in [1.54, 1.807) is 12.1 Å². The third-order valence-corrected chi connectivity index (χ3v) is 5.85. The Labute approximate surface area is 154 Å². The maximum Gasteiger partial charge on any atom is 0.311 e. The predicted octanol–water partition coefficient (Wildman–Crippen LogP) is 4.47. The maximum atomic E-state index is 11.3. The summed E-state index contributed by atoms with van der Waals surface area (Å²) in [6.07, 6.45) is 4.78. The summed E-state index contributed by atoms with van der Waals surface area (Å²) in [5.74, 6) is -0.174. The van der Waals surface area contributed by atoms with Crippen molar-refractivity contribution in [1.82, 2.24) is 0 Å². The lowest BCUT2D eigenvalue weighted by atomic mass is 9.79. The fraction of sp³-hybridized carbons (Fsp3) is 0.611. The normalized spacial score (nSPS) is 25.7. The molecule has 3 rings (SSSR count). The average Bonchev–Trinajstić information content (AvgIpc) is 2.59. The Kier molecular flexibility index (Phi) is 5.07. The summed E-state index contributed by atoms with van der Waals surface area (Å²) in [5.41, 5.74) is 1.37. The SMILES string of the molecule is COc1ccc(C2=NOC3(O[Si](C)(C)C)CCCCC3C2)cc1[N+](=O)[O-]. The van der Waals surface area contributed by atoms with Crippen LogP contribution in [0.4, 0.5) is 5.69 Å². The number of rotatable bonds is 5. The van der Waals surface area contributed by atoms with Crippen molar-refractivity contribution in [2.45, 2.75) is 57.5 Å². The lowest BCUT2D eigenvalue weighted by molar-refractivity contribution is -0.385. The predicted molar refractivity (Wildman–Crippen MR) is 101 cm³/mol. The van der Waals surface area contributed by atoms with Crippen molar-refractivity contribution >= 4 is 19.7 Å². The Hall–Kier alpha value is -1.93. The molecule has 2 unspecified atom stereocenters. The fourth-order valence-electron chi connectivity index (χ4n) is 3.82. The topological polar surface area (TPSA) is 83.2 Å². The first kappa shape index (κ1) is 18.8. The van der Waals surface area contributed by atoms with Gasteiger partial charge in [-0.1, -0.05) is 11.6 Å². The lowest BCUT2D eigenvalue weighted by Crippen LogP contribution is -2.53. The molecule has 0 bridgehead atoms. The zero-order chi connectivity index (χ0) is 18.9. The van der Waals surface area contributed by atoms with E-state index in [-0.39, 0.29) is 17.4 Å². The second-order valence-corrected chi connectivity index (χ2v) is 12.4. The van der Waals surface area contributed by atoms with Gasteiger partial charge in [0.15, 0.2) is 14.1 Å². The van der Waals surface area contributed by atoms with Gasteiger partial charge in [0.1, 0.15) is 0 Å². The molecular weight excluding hydrogens is 352 g/mol. The van der Waals surface area contributed by atoms with E-state index in [2.05, 4.69) is 24.8 Å². The second-order valence-electron chi connectivity index (χ2n) is 7.95. The van der Waals surface area contributed by atoms with Crippen LogP contribution in [-0.2, 0) is 9.26 Å². The highest BCUT2D eigenvalue weighted by atomic mass is 28.4. The summed E-state index contributed by atoms with van der Waals surface area (Å²) < 4.78 is 11.5. The van der Waals surface area contributed by atoms with E-state index in [1.165, 1.54) is 13.2 Å². The van der Waals surface area contributed by atoms with Crippen molar-refractivity contribution in [1.29, 1.82) is 0 Å². The smallest absolute Gasteiger partial charge is 0.311 e. The van der Waals surface area contributed by atoms with Gasteiger partial charge in [0.05, 0.1) is 17.7 Å². The molecule has 0 amide bonds. The van der Waals surface area contributed by atoms with E-state index < -0.39 is 19.0 Å². The molecule has 0 N–H and O–H groups in total. The van der Waals surface area contributed by atoms with Gasteiger partial charge < -0.3 is 14.0 Å². The van der Waals surface area contributed by atoms with Crippen LogP contribution in [0.25, 0.3) is 0 Å². The van der Waals surface area contributed by atoms with Gasteiger partial charge in [0.2, 0.25) is 5.79 Å². The van der Waals surface area contributed by atoms with Gasteiger partial charge in [-0.15, -0.1) is 0 Å². The van der Waals surface area contributed by atoms with Crippen LogP contribution in [0.3, 0.4) is 0 Å². The molecule has 142 valence electrons. The first-order chi connectivity index (χ1) is 12.2. The number of fused-ring (bicyclic) bond motifs is 1. The second kappa shape index (κ2) is 7.00. The van der Waals surface area contributed by atoms with Crippen molar-refractivity contribution in [3.63, 3.8) is 0 Å². The molecular formula is C18H26N2O5Si. The minimum atomic E-state index is -1.80. The van der Waals surface area contributed by atoms with Gasteiger partial charge in [-0.25, -0.2) is 0 Å². The molecule has 1 aromatic rings. The maximum absolute atomic E-state index is 11.3. The first-order valence-electron chi connectivity index (χ1n) is 9.02. The summed E-state index contributed by atoms with van der Waals surface area (Å²) >= 11 is 0. The van der Waals surface area contributed by atoms with E-state index in [0.29, 0.717) is 12.0 Å². The Morgan fingerprint density at radius 3 is 2.77 bits per heavy atom. The standard InChI is InChI=1S/C18H26N2O5Si/c1-23-17-9-8-13(11-16(17)20(21)22)15-12-14-7-5-6-10-18(14,24-19-15)25-26(2,3)4/h8-9,11,14H,5-7,10,12H2,1-4H3. The van der Waals surface area contributed by atoms with Gasteiger partial charge >= 0.3 is 5.69 Å². The molecule has 7 nitrogen and oxygen atoms in total. The first-order valence-corrected chi connectivity index (χ1v) is 12.4. The van der Waals surface area contributed by atoms with E-state index in [0.717, 1.165) is 31.4 Å². The minimum absolute atomic E-state index is 0.0634. The molecule has 0 aromatic heterocycles.